The Morgan fingerprint density at radius 3 is 2.77 bits per heavy atom. The van der Waals surface area contributed by atoms with E-state index in [0.29, 0.717) is 10.7 Å². The van der Waals surface area contributed by atoms with E-state index in [4.69, 9.17) is 11.6 Å². The first-order valence-corrected chi connectivity index (χ1v) is 7.93. The van der Waals surface area contributed by atoms with Crippen LogP contribution >= 0.6 is 11.6 Å². The van der Waals surface area contributed by atoms with Crippen LogP contribution in [0.2, 0.25) is 5.02 Å². The summed E-state index contributed by atoms with van der Waals surface area (Å²) in [4.78, 5) is 14.9. The van der Waals surface area contributed by atoms with E-state index < -0.39 is 0 Å². The fourth-order valence-corrected chi connectivity index (χ4v) is 3.30. The molecule has 3 heterocycles. The monoisotopic (exact) mass is 321 g/mol. The Bertz CT molecular complexity index is 658. The number of likely N-dealkylation sites (tertiary alicyclic amines) is 1. The molecule has 3 rings (SSSR count). The van der Waals surface area contributed by atoms with Crippen molar-refractivity contribution in [3.8, 4) is 0 Å². The summed E-state index contributed by atoms with van der Waals surface area (Å²) < 4.78 is 3.32. The van der Waals surface area contributed by atoms with Crippen molar-refractivity contribution in [3.05, 3.63) is 34.9 Å². The van der Waals surface area contributed by atoms with Crippen molar-refractivity contribution in [3.63, 3.8) is 0 Å². The van der Waals surface area contributed by atoms with Gasteiger partial charge < -0.3 is 4.90 Å². The second-order valence-corrected chi connectivity index (χ2v) is 6.15. The zero-order chi connectivity index (χ0) is 15.7. The van der Waals surface area contributed by atoms with Crippen LogP contribution in [0.3, 0.4) is 0 Å². The van der Waals surface area contributed by atoms with Gasteiger partial charge in [0.15, 0.2) is 0 Å². The van der Waals surface area contributed by atoms with Crippen LogP contribution in [0.4, 0.5) is 0 Å². The van der Waals surface area contributed by atoms with Gasteiger partial charge in [0, 0.05) is 26.8 Å². The van der Waals surface area contributed by atoms with Crippen LogP contribution in [0.5, 0.6) is 0 Å². The third-order valence-corrected chi connectivity index (χ3v) is 4.46. The van der Waals surface area contributed by atoms with Crippen LogP contribution in [0.15, 0.2) is 18.5 Å². The van der Waals surface area contributed by atoms with Gasteiger partial charge in [0.2, 0.25) is 0 Å². The van der Waals surface area contributed by atoms with Gasteiger partial charge in [0.1, 0.15) is 5.69 Å². The highest BCUT2D eigenvalue weighted by atomic mass is 35.5. The standard InChI is InChI=1S/C15H20ClN5O/c1-19-9-7-12(18-19)13-6-4-3-5-8-21(13)15(22)14-11(16)10-17-20(14)2/h7,9-10,13H,3-6,8H2,1-2H3. The number of aryl methyl sites for hydroxylation is 2. The van der Waals surface area contributed by atoms with Gasteiger partial charge in [-0.15, -0.1) is 0 Å². The van der Waals surface area contributed by atoms with Gasteiger partial charge in [-0.2, -0.15) is 10.2 Å². The molecule has 1 fully saturated rings. The maximum absolute atomic E-state index is 13.0. The first-order valence-electron chi connectivity index (χ1n) is 7.56. The molecule has 0 N–H and O–H groups in total. The molecule has 1 atom stereocenters. The number of rotatable bonds is 2. The summed E-state index contributed by atoms with van der Waals surface area (Å²) in [5.74, 6) is -0.0671. The lowest BCUT2D eigenvalue weighted by Crippen LogP contribution is -2.36. The van der Waals surface area contributed by atoms with Crippen LogP contribution < -0.4 is 0 Å². The summed E-state index contributed by atoms with van der Waals surface area (Å²) in [6.07, 6.45) is 7.60. The highest BCUT2D eigenvalue weighted by Gasteiger charge is 2.31. The zero-order valence-corrected chi connectivity index (χ0v) is 13.6. The number of carbonyl (C=O) groups excluding carboxylic acids is 1. The van der Waals surface area contributed by atoms with Crippen LogP contribution in [-0.2, 0) is 14.1 Å². The molecule has 2 aromatic rings. The smallest absolute Gasteiger partial charge is 0.274 e. The van der Waals surface area contributed by atoms with E-state index in [0.717, 1.165) is 37.9 Å². The quantitative estimate of drug-likeness (QED) is 0.854. The lowest BCUT2D eigenvalue weighted by molar-refractivity contribution is 0.0665. The highest BCUT2D eigenvalue weighted by Crippen LogP contribution is 2.31. The van der Waals surface area contributed by atoms with Gasteiger partial charge in [-0.3, -0.25) is 14.2 Å². The van der Waals surface area contributed by atoms with E-state index >= 15 is 0 Å². The molecule has 22 heavy (non-hydrogen) atoms. The Hall–Kier alpha value is -1.82. The third-order valence-electron chi connectivity index (χ3n) is 4.19. The third kappa shape index (κ3) is 2.75. The van der Waals surface area contributed by atoms with Gasteiger partial charge in [-0.1, -0.05) is 24.4 Å². The molecular weight excluding hydrogens is 302 g/mol. The zero-order valence-electron chi connectivity index (χ0n) is 12.9. The second kappa shape index (κ2) is 6.12. The SMILES string of the molecule is Cn1ccc(C2CCCCCN2C(=O)c2c(Cl)cnn2C)n1. The molecule has 0 radical (unpaired) electrons. The van der Waals surface area contributed by atoms with E-state index in [1.807, 2.05) is 24.2 Å². The van der Waals surface area contributed by atoms with Gasteiger partial charge >= 0.3 is 0 Å². The van der Waals surface area contributed by atoms with Crippen LogP contribution in [-0.4, -0.2) is 36.9 Å². The summed E-state index contributed by atoms with van der Waals surface area (Å²) in [7, 11) is 3.64. The number of aromatic nitrogens is 4. The Labute approximate surface area is 134 Å². The molecule has 0 aromatic carbocycles. The van der Waals surface area contributed by atoms with Crippen molar-refractivity contribution in [2.24, 2.45) is 14.1 Å². The maximum Gasteiger partial charge on any atom is 0.274 e. The number of carbonyl (C=O) groups is 1. The van der Waals surface area contributed by atoms with Gasteiger partial charge in [-0.25, -0.2) is 0 Å². The minimum Gasteiger partial charge on any atom is -0.329 e. The van der Waals surface area contributed by atoms with Crippen molar-refractivity contribution >= 4 is 17.5 Å². The number of amides is 1. The summed E-state index contributed by atoms with van der Waals surface area (Å²) in [6.45, 7) is 0.724. The molecule has 0 aliphatic carbocycles. The Balaban J connectivity index is 1.95. The molecule has 1 saturated heterocycles. The topological polar surface area (TPSA) is 56.0 Å². The van der Waals surface area contributed by atoms with Crippen molar-refractivity contribution in [1.82, 2.24) is 24.5 Å². The van der Waals surface area contributed by atoms with Crippen molar-refractivity contribution < 1.29 is 4.79 Å². The average molecular weight is 322 g/mol. The molecule has 0 saturated carbocycles. The fraction of sp³-hybridized carbons (Fsp3) is 0.533. The molecule has 0 bridgehead atoms. The van der Waals surface area contributed by atoms with E-state index in [-0.39, 0.29) is 11.9 Å². The van der Waals surface area contributed by atoms with Crippen molar-refractivity contribution in [2.45, 2.75) is 31.7 Å². The summed E-state index contributed by atoms with van der Waals surface area (Å²) in [5.41, 5.74) is 1.39. The molecule has 2 aromatic heterocycles. The van der Waals surface area contributed by atoms with Crippen molar-refractivity contribution in [2.75, 3.05) is 6.54 Å². The largest absolute Gasteiger partial charge is 0.329 e. The van der Waals surface area contributed by atoms with Gasteiger partial charge in [-0.05, 0) is 18.9 Å². The van der Waals surface area contributed by atoms with E-state index in [1.54, 1.807) is 16.4 Å². The normalized spacial score (nSPS) is 19.2. The molecule has 6 nitrogen and oxygen atoms in total. The van der Waals surface area contributed by atoms with Crippen LogP contribution in [0.1, 0.15) is 47.9 Å². The summed E-state index contributed by atoms with van der Waals surface area (Å²) in [6, 6.07) is 1.99. The minimum absolute atomic E-state index is 0.00201. The van der Waals surface area contributed by atoms with E-state index in [9.17, 15) is 4.79 Å². The molecule has 1 amide bonds. The molecule has 1 unspecified atom stereocenters. The predicted octanol–water partition coefficient (Wildman–Crippen LogP) is 2.56. The molecule has 0 spiro atoms. The van der Waals surface area contributed by atoms with Gasteiger partial charge in [0.05, 0.1) is 23.0 Å². The average Bonchev–Trinajstić information content (AvgIpc) is 2.96. The highest BCUT2D eigenvalue weighted by molar-refractivity contribution is 6.33. The molecule has 1 aliphatic rings. The Kier molecular flexibility index (Phi) is 4.20. The Morgan fingerprint density at radius 2 is 2.14 bits per heavy atom. The van der Waals surface area contributed by atoms with E-state index in [2.05, 4.69) is 10.2 Å². The molecule has 118 valence electrons. The van der Waals surface area contributed by atoms with E-state index in [1.165, 1.54) is 6.20 Å². The number of hydrogen-bond acceptors (Lipinski definition) is 3. The predicted molar refractivity (Wildman–Crippen MR) is 83.7 cm³/mol. The fourth-order valence-electron chi connectivity index (χ4n) is 3.06. The number of hydrogen-bond donors (Lipinski definition) is 0. The number of halogens is 1. The lowest BCUT2D eigenvalue weighted by atomic mass is 10.1. The van der Waals surface area contributed by atoms with Gasteiger partial charge in [0.25, 0.3) is 5.91 Å². The lowest BCUT2D eigenvalue weighted by Gasteiger charge is -2.29. The maximum atomic E-state index is 13.0. The first kappa shape index (κ1) is 15.1. The Morgan fingerprint density at radius 1 is 1.32 bits per heavy atom. The molecule has 1 aliphatic heterocycles. The molecular formula is C15H20ClN5O. The number of nitrogens with zero attached hydrogens (tertiary/aromatic N) is 5. The minimum atomic E-state index is -0.0671. The van der Waals surface area contributed by atoms with Crippen LogP contribution in [0, 0.1) is 0 Å². The summed E-state index contributed by atoms with van der Waals surface area (Å²) >= 11 is 6.15. The van der Waals surface area contributed by atoms with Crippen molar-refractivity contribution in [1.29, 1.82) is 0 Å². The van der Waals surface area contributed by atoms with Crippen LogP contribution in [0.25, 0.3) is 0 Å². The summed E-state index contributed by atoms with van der Waals surface area (Å²) in [5, 5.41) is 8.98. The molecule has 7 heteroatoms. The second-order valence-electron chi connectivity index (χ2n) is 5.74. The first-order chi connectivity index (χ1) is 10.6.